The van der Waals surface area contributed by atoms with E-state index in [9.17, 15) is 4.79 Å². The molecule has 2 aliphatic heterocycles. The zero-order chi connectivity index (χ0) is 16.0. The van der Waals surface area contributed by atoms with E-state index in [1.54, 1.807) is 0 Å². The van der Waals surface area contributed by atoms with Gasteiger partial charge in [0.05, 0.1) is 13.2 Å². The molecular weight excluding hydrogens is 288 g/mol. The van der Waals surface area contributed by atoms with E-state index in [1.165, 1.54) is 17.7 Å². The fourth-order valence-electron chi connectivity index (χ4n) is 4.29. The zero-order valence-corrected chi connectivity index (χ0v) is 14.1. The fraction of sp³-hybridized carbons (Fsp3) is 0.632. The normalized spacial score (nSPS) is 29.8. The Hall–Kier alpha value is -1.55. The van der Waals surface area contributed by atoms with Crippen molar-refractivity contribution in [3.63, 3.8) is 0 Å². The highest BCUT2D eigenvalue weighted by molar-refractivity contribution is 5.79. The molecule has 4 heteroatoms. The molecule has 1 aliphatic carbocycles. The van der Waals surface area contributed by atoms with Gasteiger partial charge in [0.1, 0.15) is 0 Å². The number of carbonyl (C=O) groups is 1. The quantitative estimate of drug-likeness (QED) is 0.858. The van der Waals surface area contributed by atoms with Crippen molar-refractivity contribution in [2.24, 2.45) is 11.8 Å². The highest BCUT2D eigenvalue weighted by atomic mass is 16.5. The molecule has 1 amide bonds. The van der Waals surface area contributed by atoms with Gasteiger partial charge < -0.3 is 14.5 Å². The second-order valence-electron chi connectivity index (χ2n) is 7.58. The maximum Gasteiger partial charge on any atom is 0.225 e. The van der Waals surface area contributed by atoms with E-state index in [0.717, 1.165) is 39.4 Å². The molecule has 0 N–H and O–H groups in total. The number of amides is 1. The van der Waals surface area contributed by atoms with Crippen LogP contribution in [-0.2, 0) is 14.9 Å². The van der Waals surface area contributed by atoms with Gasteiger partial charge in [0.25, 0.3) is 0 Å². The van der Waals surface area contributed by atoms with Gasteiger partial charge in [-0.3, -0.25) is 4.79 Å². The molecule has 0 radical (unpaired) electrons. The van der Waals surface area contributed by atoms with Crippen LogP contribution in [0.1, 0.15) is 25.8 Å². The van der Waals surface area contributed by atoms with Gasteiger partial charge in [-0.2, -0.15) is 0 Å². The smallest absolute Gasteiger partial charge is 0.225 e. The van der Waals surface area contributed by atoms with Crippen LogP contribution in [0.4, 0.5) is 5.69 Å². The van der Waals surface area contributed by atoms with Crippen LogP contribution in [0.15, 0.2) is 24.3 Å². The highest BCUT2D eigenvalue weighted by Crippen LogP contribution is 2.59. The lowest BCUT2D eigenvalue weighted by Gasteiger charge is -2.29. The number of benzene rings is 1. The highest BCUT2D eigenvalue weighted by Gasteiger charge is 2.61. The van der Waals surface area contributed by atoms with Crippen molar-refractivity contribution in [3.8, 4) is 0 Å². The number of fused-ring (bicyclic) bond motifs is 1. The van der Waals surface area contributed by atoms with E-state index in [4.69, 9.17) is 4.74 Å². The minimum absolute atomic E-state index is 0.105. The van der Waals surface area contributed by atoms with Gasteiger partial charge in [-0.15, -0.1) is 0 Å². The molecule has 2 unspecified atom stereocenters. The lowest BCUT2D eigenvalue weighted by molar-refractivity contribution is -0.133. The SMILES string of the molecule is CC(C)C(=O)N1CC2CC2(c2ccc(N3CCOCC3)cc2)C1. The first-order valence-corrected chi connectivity index (χ1v) is 8.82. The van der Waals surface area contributed by atoms with Crippen molar-refractivity contribution in [2.45, 2.75) is 25.7 Å². The molecule has 2 saturated heterocycles. The number of hydrogen-bond donors (Lipinski definition) is 0. The zero-order valence-electron chi connectivity index (χ0n) is 14.1. The lowest BCUT2D eigenvalue weighted by Crippen LogP contribution is -2.36. The molecule has 2 heterocycles. The number of hydrogen-bond acceptors (Lipinski definition) is 3. The predicted molar refractivity (Wildman–Crippen MR) is 90.7 cm³/mol. The van der Waals surface area contributed by atoms with Crippen LogP contribution in [0.25, 0.3) is 0 Å². The summed E-state index contributed by atoms with van der Waals surface area (Å²) in [6.07, 6.45) is 1.24. The summed E-state index contributed by atoms with van der Waals surface area (Å²) in [6, 6.07) is 9.07. The summed E-state index contributed by atoms with van der Waals surface area (Å²) in [5.41, 5.74) is 2.95. The first kappa shape index (κ1) is 15.0. The second kappa shape index (κ2) is 5.52. The van der Waals surface area contributed by atoms with E-state index in [-0.39, 0.29) is 11.3 Å². The molecule has 2 atom stereocenters. The maximum absolute atomic E-state index is 12.3. The second-order valence-corrected chi connectivity index (χ2v) is 7.58. The molecule has 0 aromatic heterocycles. The van der Waals surface area contributed by atoms with Crippen LogP contribution < -0.4 is 4.90 Å². The van der Waals surface area contributed by atoms with Gasteiger partial charge in [-0.05, 0) is 30.0 Å². The summed E-state index contributed by atoms with van der Waals surface area (Å²) < 4.78 is 5.42. The third kappa shape index (κ3) is 2.53. The number of anilines is 1. The predicted octanol–water partition coefficient (Wildman–Crippen LogP) is 2.28. The van der Waals surface area contributed by atoms with E-state index >= 15 is 0 Å². The van der Waals surface area contributed by atoms with Crippen LogP contribution >= 0.6 is 0 Å². The van der Waals surface area contributed by atoms with Gasteiger partial charge in [-0.25, -0.2) is 0 Å². The van der Waals surface area contributed by atoms with E-state index in [2.05, 4.69) is 34.1 Å². The Morgan fingerprint density at radius 2 is 1.91 bits per heavy atom. The topological polar surface area (TPSA) is 32.8 Å². The Labute approximate surface area is 138 Å². The van der Waals surface area contributed by atoms with Gasteiger partial charge in [0, 0.05) is 43.2 Å². The fourth-order valence-corrected chi connectivity index (χ4v) is 4.29. The van der Waals surface area contributed by atoms with Gasteiger partial charge in [0.15, 0.2) is 0 Å². The minimum Gasteiger partial charge on any atom is -0.378 e. The third-order valence-corrected chi connectivity index (χ3v) is 5.77. The summed E-state index contributed by atoms with van der Waals surface area (Å²) in [4.78, 5) is 16.7. The average Bonchev–Trinajstić information content (AvgIpc) is 3.16. The summed E-state index contributed by atoms with van der Waals surface area (Å²) in [5.74, 6) is 1.08. The maximum atomic E-state index is 12.3. The van der Waals surface area contributed by atoms with E-state index in [1.807, 2.05) is 13.8 Å². The summed E-state index contributed by atoms with van der Waals surface area (Å²) in [6.45, 7) is 9.44. The average molecular weight is 314 g/mol. The summed E-state index contributed by atoms with van der Waals surface area (Å²) in [5, 5.41) is 0. The Bertz CT molecular complexity index is 592. The number of carbonyl (C=O) groups excluding carboxylic acids is 1. The van der Waals surface area contributed by atoms with Crippen LogP contribution in [0.3, 0.4) is 0 Å². The first-order chi connectivity index (χ1) is 11.1. The molecule has 1 saturated carbocycles. The van der Waals surface area contributed by atoms with E-state index < -0.39 is 0 Å². The Kier molecular flexibility index (Phi) is 3.60. The van der Waals surface area contributed by atoms with Crippen LogP contribution in [-0.4, -0.2) is 50.2 Å². The van der Waals surface area contributed by atoms with Crippen molar-refractivity contribution >= 4 is 11.6 Å². The first-order valence-electron chi connectivity index (χ1n) is 8.82. The van der Waals surface area contributed by atoms with Crippen molar-refractivity contribution < 1.29 is 9.53 Å². The van der Waals surface area contributed by atoms with Crippen molar-refractivity contribution in [1.29, 1.82) is 0 Å². The molecule has 0 spiro atoms. The molecule has 4 rings (SSSR count). The molecule has 1 aromatic rings. The molecule has 3 aliphatic rings. The number of ether oxygens (including phenoxy) is 1. The molecule has 124 valence electrons. The standard InChI is InChI=1S/C19H26N2O2/c1-14(2)18(22)21-12-16-11-19(16,13-21)15-3-5-17(6-4-15)20-7-9-23-10-8-20/h3-6,14,16H,7-13H2,1-2H3. The molecule has 0 bridgehead atoms. The molecule has 1 aromatic carbocycles. The van der Waals surface area contributed by atoms with E-state index in [0.29, 0.717) is 11.8 Å². The molecule has 23 heavy (non-hydrogen) atoms. The van der Waals surface area contributed by atoms with Crippen molar-refractivity contribution in [3.05, 3.63) is 29.8 Å². The van der Waals surface area contributed by atoms with Crippen LogP contribution in [0, 0.1) is 11.8 Å². The molecule has 3 fully saturated rings. The van der Waals surface area contributed by atoms with Gasteiger partial charge >= 0.3 is 0 Å². The number of likely N-dealkylation sites (tertiary alicyclic amines) is 1. The van der Waals surface area contributed by atoms with Crippen LogP contribution in [0.5, 0.6) is 0 Å². The summed E-state index contributed by atoms with van der Waals surface area (Å²) >= 11 is 0. The lowest BCUT2D eigenvalue weighted by atomic mass is 9.94. The number of nitrogens with zero attached hydrogens (tertiary/aromatic N) is 2. The van der Waals surface area contributed by atoms with Gasteiger partial charge in [-0.1, -0.05) is 26.0 Å². The largest absolute Gasteiger partial charge is 0.378 e. The number of morpholine rings is 1. The van der Waals surface area contributed by atoms with Crippen molar-refractivity contribution in [1.82, 2.24) is 4.90 Å². The van der Waals surface area contributed by atoms with Gasteiger partial charge in [0.2, 0.25) is 5.91 Å². The third-order valence-electron chi connectivity index (χ3n) is 5.77. The Balaban J connectivity index is 1.48. The number of rotatable bonds is 3. The molecular formula is C19H26N2O2. The number of piperidine rings is 1. The summed E-state index contributed by atoms with van der Waals surface area (Å²) in [7, 11) is 0. The monoisotopic (exact) mass is 314 g/mol. The minimum atomic E-state index is 0.105. The Morgan fingerprint density at radius 3 is 2.57 bits per heavy atom. The molecule has 4 nitrogen and oxygen atoms in total. The Morgan fingerprint density at radius 1 is 1.22 bits per heavy atom. The van der Waals surface area contributed by atoms with Crippen LogP contribution in [0.2, 0.25) is 0 Å². The van der Waals surface area contributed by atoms with Crippen molar-refractivity contribution in [2.75, 3.05) is 44.3 Å².